The molecule has 0 saturated heterocycles. The van der Waals surface area contributed by atoms with Crippen molar-refractivity contribution in [2.45, 2.75) is 26.4 Å². The minimum atomic E-state index is -3.49. The summed E-state index contributed by atoms with van der Waals surface area (Å²) in [5.74, 6) is -0.928. The lowest BCUT2D eigenvalue weighted by atomic mass is 10.1. The van der Waals surface area contributed by atoms with Crippen molar-refractivity contribution in [2.75, 3.05) is 0 Å². The van der Waals surface area contributed by atoms with Gasteiger partial charge < -0.3 is 5.11 Å². The topological polar surface area (TPSA) is 20.2 Å². The third-order valence-corrected chi connectivity index (χ3v) is 1.21. The fourth-order valence-corrected chi connectivity index (χ4v) is 0.246. The molecule has 0 fully saturated rings. The Morgan fingerprint density at radius 1 is 1.62 bits per heavy atom. The second-order valence-electron chi connectivity index (χ2n) is 1.90. The summed E-state index contributed by atoms with van der Waals surface area (Å²) < 4.78 is 23.3. The summed E-state index contributed by atoms with van der Waals surface area (Å²) in [7, 11) is 0. The number of halogens is 2. The average molecular weight is 124 g/mol. The maximum absolute atomic E-state index is 11.7. The van der Waals surface area contributed by atoms with Gasteiger partial charge in [0.2, 0.25) is 0 Å². The third kappa shape index (κ3) is 2.21. The van der Waals surface area contributed by atoms with Crippen LogP contribution in [0.2, 0.25) is 0 Å². The second-order valence-corrected chi connectivity index (χ2v) is 1.90. The Hall–Kier alpha value is -0.180. The van der Waals surface area contributed by atoms with E-state index >= 15 is 0 Å². The molecule has 0 aliphatic heterocycles. The van der Waals surface area contributed by atoms with Gasteiger partial charge in [-0.05, 0) is 6.42 Å². The van der Waals surface area contributed by atoms with Crippen LogP contribution in [0.1, 0.15) is 20.3 Å². The quantitative estimate of drug-likeness (QED) is 0.593. The first kappa shape index (κ1) is 7.82. The van der Waals surface area contributed by atoms with Gasteiger partial charge in [0, 0.05) is 5.92 Å². The van der Waals surface area contributed by atoms with Crippen molar-refractivity contribution >= 4 is 0 Å². The SMILES string of the molecule is CCC(C)C(O)(F)F. The molecule has 3 heteroatoms. The minimum absolute atomic E-state index is 0.295. The van der Waals surface area contributed by atoms with Crippen LogP contribution in [0.4, 0.5) is 8.78 Å². The van der Waals surface area contributed by atoms with Gasteiger partial charge >= 0.3 is 6.11 Å². The molecule has 0 rings (SSSR count). The first-order valence-electron chi connectivity index (χ1n) is 2.58. The van der Waals surface area contributed by atoms with Crippen LogP contribution in [0, 0.1) is 5.92 Å². The maximum atomic E-state index is 11.7. The van der Waals surface area contributed by atoms with E-state index in [2.05, 4.69) is 0 Å². The summed E-state index contributed by atoms with van der Waals surface area (Å²) in [5.41, 5.74) is 0. The molecule has 50 valence electrons. The van der Waals surface area contributed by atoms with Gasteiger partial charge in [-0.3, -0.25) is 0 Å². The Morgan fingerprint density at radius 3 is 2.00 bits per heavy atom. The molecule has 0 amide bonds. The van der Waals surface area contributed by atoms with Gasteiger partial charge in [-0.15, -0.1) is 0 Å². The highest BCUT2D eigenvalue weighted by Crippen LogP contribution is 2.22. The molecule has 1 unspecified atom stereocenters. The molecule has 1 atom stereocenters. The average Bonchev–Trinajstić information content (AvgIpc) is 1.62. The lowest BCUT2D eigenvalue weighted by molar-refractivity contribution is -0.233. The molecule has 0 radical (unpaired) electrons. The summed E-state index contributed by atoms with van der Waals surface area (Å²) in [6.45, 7) is 2.91. The van der Waals surface area contributed by atoms with Gasteiger partial charge in [-0.25, -0.2) is 0 Å². The molecule has 0 aromatic rings. The van der Waals surface area contributed by atoms with Crippen LogP contribution >= 0.6 is 0 Å². The van der Waals surface area contributed by atoms with Crippen molar-refractivity contribution in [1.29, 1.82) is 0 Å². The molecule has 0 aliphatic carbocycles. The molecule has 8 heavy (non-hydrogen) atoms. The largest absolute Gasteiger partial charge is 0.355 e. The summed E-state index contributed by atoms with van der Waals surface area (Å²) in [6.07, 6.45) is -3.20. The van der Waals surface area contributed by atoms with Crippen molar-refractivity contribution in [1.82, 2.24) is 0 Å². The van der Waals surface area contributed by atoms with E-state index in [-0.39, 0.29) is 0 Å². The number of rotatable bonds is 2. The van der Waals surface area contributed by atoms with E-state index in [1.165, 1.54) is 6.92 Å². The van der Waals surface area contributed by atoms with E-state index in [0.29, 0.717) is 6.42 Å². The summed E-state index contributed by atoms with van der Waals surface area (Å²) in [4.78, 5) is 0. The molecule has 0 spiro atoms. The number of alkyl halides is 2. The van der Waals surface area contributed by atoms with Crippen molar-refractivity contribution in [3.63, 3.8) is 0 Å². The number of hydrogen-bond acceptors (Lipinski definition) is 1. The van der Waals surface area contributed by atoms with Crippen molar-refractivity contribution in [3.05, 3.63) is 0 Å². The van der Waals surface area contributed by atoms with Crippen LogP contribution in [0.5, 0.6) is 0 Å². The van der Waals surface area contributed by atoms with E-state index in [0.717, 1.165) is 0 Å². The normalized spacial score (nSPS) is 16.1. The molecule has 1 nitrogen and oxygen atoms in total. The molecule has 0 heterocycles. The molecular weight excluding hydrogens is 114 g/mol. The van der Waals surface area contributed by atoms with Gasteiger partial charge in [-0.2, -0.15) is 8.78 Å². The fourth-order valence-electron chi connectivity index (χ4n) is 0.246. The van der Waals surface area contributed by atoms with Crippen LogP contribution in [-0.2, 0) is 0 Å². The van der Waals surface area contributed by atoms with Crippen LogP contribution in [0.3, 0.4) is 0 Å². The Kier molecular flexibility index (Phi) is 2.34. The minimum Gasteiger partial charge on any atom is -0.336 e. The highest BCUT2D eigenvalue weighted by atomic mass is 19.3. The zero-order chi connectivity index (χ0) is 6.78. The number of hydrogen-bond donors (Lipinski definition) is 1. The molecular formula is C5H10F2O. The third-order valence-electron chi connectivity index (χ3n) is 1.21. The van der Waals surface area contributed by atoms with E-state index in [4.69, 9.17) is 5.11 Å². The zero-order valence-corrected chi connectivity index (χ0v) is 4.99. The van der Waals surface area contributed by atoms with E-state index < -0.39 is 12.0 Å². The zero-order valence-electron chi connectivity index (χ0n) is 4.99. The van der Waals surface area contributed by atoms with Gasteiger partial charge in [0.1, 0.15) is 0 Å². The van der Waals surface area contributed by atoms with Crippen molar-refractivity contribution in [2.24, 2.45) is 5.92 Å². The highest BCUT2D eigenvalue weighted by molar-refractivity contribution is 4.57. The van der Waals surface area contributed by atoms with Gasteiger partial charge in [0.25, 0.3) is 0 Å². The van der Waals surface area contributed by atoms with E-state index in [1.807, 2.05) is 0 Å². The summed E-state index contributed by atoms with van der Waals surface area (Å²) in [5, 5.41) is 7.95. The predicted octanol–water partition coefficient (Wildman–Crippen LogP) is 1.62. The Bertz CT molecular complexity index is 67.3. The predicted molar refractivity (Wildman–Crippen MR) is 26.6 cm³/mol. The van der Waals surface area contributed by atoms with Crippen LogP contribution in [-0.4, -0.2) is 11.2 Å². The monoisotopic (exact) mass is 124 g/mol. The molecule has 1 N–H and O–H groups in total. The maximum Gasteiger partial charge on any atom is 0.355 e. The molecule has 0 aliphatic rings. The van der Waals surface area contributed by atoms with Crippen molar-refractivity contribution in [3.8, 4) is 0 Å². The van der Waals surface area contributed by atoms with Gasteiger partial charge in [0.15, 0.2) is 0 Å². The fraction of sp³-hybridized carbons (Fsp3) is 1.00. The smallest absolute Gasteiger partial charge is 0.336 e. The van der Waals surface area contributed by atoms with E-state index in [9.17, 15) is 8.78 Å². The van der Waals surface area contributed by atoms with Gasteiger partial charge in [0.05, 0.1) is 0 Å². The standard InChI is InChI=1S/C5H10F2O/c1-3-4(2)5(6,7)8/h4,8H,3H2,1-2H3. The lowest BCUT2D eigenvalue weighted by Crippen LogP contribution is -2.24. The molecule has 0 bridgehead atoms. The van der Waals surface area contributed by atoms with E-state index in [1.54, 1.807) is 6.92 Å². The van der Waals surface area contributed by atoms with Crippen LogP contribution in [0.25, 0.3) is 0 Å². The first-order chi connectivity index (χ1) is 3.48. The summed E-state index contributed by atoms with van der Waals surface area (Å²) >= 11 is 0. The highest BCUT2D eigenvalue weighted by Gasteiger charge is 2.31. The first-order valence-corrected chi connectivity index (χ1v) is 2.58. The van der Waals surface area contributed by atoms with Crippen molar-refractivity contribution < 1.29 is 13.9 Å². The van der Waals surface area contributed by atoms with Crippen LogP contribution in [0.15, 0.2) is 0 Å². The molecule has 0 saturated carbocycles. The molecule has 0 aromatic carbocycles. The summed E-state index contributed by atoms with van der Waals surface area (Å²) in [6, 6.07) is 0. The van der Waals surface area contributed by atoms with Gasteiger partial charge in [-0.1, -0.05) is 13.8 Å². The number of aliphatic hydroxyl groups is 1. The second kappa shape index (κ2) is 2.40. The lowest BCUT2D eigenvalue weighted by Gasteiger charge is -2.14. The van der Waals surface area contributed by atoms with Crippen LogP contribution < -0.4 is 0 Å². The Morgan fingerprint density at radius 2 is 2.00 bits per heavy atom. The molecule has 0 aromatic heterocycles. The Labute approximate surface area is 47.3 Å². The Balaban J connectivity index is 3.62.